The fourth-order valence-electron chi connectivity index (χ4n) is 1.42. The lowest BCUT2D eigenvalue weighted by molar-refractivity contribution is 0.308. The second kappa shape index (κ2) is 7.61. The Morgan fingerprint density at radius 2 is 1.94 bits per heavy atom. The molecule has 0 fully saturated rings. The number of rotatable bonds is 7. The highest BCUT2D eigenvalue weighted by atomic mass is 32.2. The topological polar surface area (TPSA) is 9.23 Å². The summed E-state index contributed by atoms with van der Waals surface area (Å²) in [7, 11) is 0. The third-order valence-electron chi connectivity index (χ3n) is 2.34. The summed E-state index contributed by atoms with van der Waals surface area (Å²) in [5.74, 6) is 2.27. The van der Waals surface area contributed by atoms with Gasteiger partial charge in [0.2, 0.25) is 0 Å². The van der Waals surface area contributed by atoms with Gasteiger partial charge in [-0.2, -0.15) is 11.8 Å². The largest absolute Gasteiger partial charge is 0.493 e. The van der Waals surface area contributed by atoms with E-state index in [1.807, 2.05) is 30.0 Å². The van der Waals surface area contributed by atoms with Gasteiger partial charge in [-0.15, -0.1) is 0 Å². The molecule has 0 aliphatic rings. The zero-order chi connectivity index (χ0) is 11.8. The summed E-state index contributed by atoms with van der Waals surface area (Å²) in [6.45, 7) is 7.41. The van der Waals surface area contributed by atoms with Gasteiger partial charge in [0.1, 0.15) is 5.75 Å². The van der Waals surface area contributed by atoms with Gasteiger partial charge in [0.05, 0.1) is 6.61 Å². The van der Waals surface area contributed by atoms with Crippen LogP contribution >= 0.6 is 11.8 Å². The zero-order valence-corrected chi connectivity index (χ0v) is 11.3. The van der Waals surface area contributed by atoms with Crippen molar-refractivity contribution in [1.29, 1.82) is 0 Å². The van der Waals surface area contributed by atoms with E-state index in [2.05, 4.69) is 26.8 Å². The number of ether oxygens (including phenoxy) is 1. The average Bonchev–Trinajstić information content (AvgIpc) is 2.25. The van der Waals surface area contributed by atoms with E-state index in [4.69, 9.17) is 4.74 Å². The predicted octanol–water partition coefficient (Wildman–Crippen LogP) is 4.30. The Morgan fingerprint density at radius 3 is 2.62 bits per heavy atom. The molecule has 0 N–H and O–H groups in total. The van der Waals surface area contributed by atoms with Crippen LogP contribution in [0.25, 0.3) is 0 Å². The normalized spacial score (nSPS) is 10.8. The molecule has 0 aliphatic heterocycles. The molecule has 0 spiro atoms. The molecule has 0 aromatic heterocycles. The first-order chi connectivity index (χ1) is 7.70. The molecule has 0 saturated carbocycles. The Labute approximate surface area is 104 Å². The van der Waals surface area contributed by atoms with Crippen molar-refractivity contribution >= 4 is 11.8 Å². The minimum atomic E-state index is 0.747. The zero-order valence-electron chi connectivity index (χ0n) is 10.5. The van der Waals surface area contributed by atoms with E-state index in [1.54, 1.807) is 0 Å². The highest BCUT2D eigenvalue weighted by Gasteiger charge is 1.98. The number of para-hydroxylation sites is 1. The van der Waals surface area contributed by atoms with Gasteiger partial charge in [0.15, 0.2) is 0 Å². The molecular weight excluding hydrogens is 216 g/mol. The molecule has 1 rings (SSSR count). The van der Waals surface area contributed by atoms with Crippen LogP contribution in [0.1, 0.15) is 32.3 Å². The van der Waals surface area contributed by atoms with E-state index in [9.17, 15) is 0 Å². The highest BCUT2D eigenvalue weighted by molar-refractivity contribution is 7.99. The van der Waals surface area contributed by atoms with Gasteiger partial charge in [-0.05, 0) is 42.4 Å². The third kappa shape index (κ3) is 5.45. The molecule has 0 aliphatic carbocycles. The first-order valence-electron chi connectivity index (χ1n) is 6.00. The summed E-state index contributed by atoms with van der Waals surface area (Å²) in [6.07, 6.45) is 2.39. The van der Waals surface area contributed by atoms with Crippen molar-refractivity contribution in [3.63, 3.8) is 0 Å². The molecule has 90 valence electrons. The number of benzene rings is 1. The number of aryl methyl sites for hydroxylation is 1. The number of hydrogen-bond acceptors (Lipinski definition) is 2. The fraction of sp³-hybridized carbons (Fsp3) is 0.571. The Morgan fingerprint density at radius 1 is 1.19 bits per heavy atom. The lowest BCUT2D eigenvalue weighted by Gasteiger charge is -2.09. The van der Waals surface area contributed by atoms with Crippen molar-refractivity contribution in [3.8, 4) is 5.75 Å². The van der Waals surface area contributed by atoms with Crippen molar-refractivity contribution in [2.45, 2.75) is 38.9 Å². The fourth-order valence-corrected chi connectivity index (χ4v) is 2.27. The van der Waals surface area contributed by atoms with Gasteiger partial charge >= 0.3 is 0 Å². The van der Waals surface area contributed by atoms with Crippen molar-refractivity contribution in [3.05, 3.63) is 29.8 Å². The summed E-state index contributed by atoms with van der Waals surface area (Å²) in [5, 5.41) is 0.747. The molecule has 16 heavy (non-hydrogen) atoms. The summed E-state index contributed by atoms with van der Waals surface area (Å²) in [5.41, 5.74) is 1.22. The van der Waals surface area contributed by atoms with Gasteiger partial charge in [0.25, 0.3) is 0 Å². The molecule has 0 heterocycles. The van der Waals surface area contributed by atoms with E-state index >= 15 is 0 Å². The van der Waals surface area contributed by atoms with Gasteiger partial charge in [-0.25, -0.2) is 0 Å². The standard InChI is InChI=1S/C14H22OS/c1-12(2)16-11-7-6-10-15-14-9-5-4-8-13(14)3/h4-5,8-9,12H,6-7,10-11H2,1-3H3. The quantitative estimate of drug-likeness (QED) is 0.655. The Hall–Kier alpha value is -0.630. The molecule has 2 heteroatoms. The van der Waals surface area contributed by atoms with E-state index in [0.29, 0.717) is 0 Å². The molecule has 1 aromatic rings. The van der Waals surface area contributed by atoms with Crippen LogP contribution in [-0.4, -0.2) is 17.6 Å². The van der Waals surface area contributed by atoms with E-state index in [1.165, 1.54) is 17.7 Å². The van der Waals surface area contributed by atoms with Crippen LogP contribution in [0.4, 0.5) is 0 Å². The van der Waals surface area contributed by atoms with Crippen LogP contribution in [0.5, 0.6) is 5.75 Å². The molecule has 0 saturated heterocycles. The monoisotopic (exact) mass is 238 g/mol. The van der Waals surface area contributed by atoms with Gasteiger partial charge < -0.3 is 4.74 Å². The van der Waals surface area contributed by atoms with Crippen LogP contribution in [0.15, 0.2) is 24.3 Å². The lowest BCUT2D eigenvalue weighted by Crippen LogP contribution is -2.00. The van der Waals surface area contributed by atoms with Crippen LogP contribution in [-0.2, 0) is 0 Å². The smallest absolute Gasteiger partial charge is 0.122 e. The summed E-state index contributed by atoms with van der Waals surface area (Å²) in [4.78, 5) is 0. The maximum atomic E-state index is 5.73. The van der Waals surface area contributed by atoms with Crippen LogP contribution in [0.2, 0.25) is 0 Å². The summed E-state index contributed by atoms with van der Waals surface area (Å²) in [6, 6.07) is 8.20. The minimum absolute atomic E-state index is 0.747. The van der Waals surface area contributed by atoms with Gasteiger partial charge in [-0.1, -0.05) is 32.0 Å². The predicted molar refractivity (Wildman–Crippen MR) is 73.5 cm³/mol. The number of thioether (sulfide) groups is 1. The molecule has 0 unspecified atom stereocenters. The maximum absolute atomic E-state index is 5.73. The Kier molecular flexibility index (Phi) is 6.39. The van der Waals surface area contributed by atoms with E-state index < -0.39 is 0 Å². The minimum Gasteiger partial charge on any atom is -0.493 e. The van der Waals surface area contributed by atoms with Gasteiger partial charge in [0, 0.05) is 0 Å². The van der Waals surface area contributed by atoms with Crippen molar-refractivity contribution in [1.82, 2.24) is 0 Å². The second-order valence-corrected chi connectivity index (χ2v) is 5.93. The second-order valence-electron chi connectivity index (χ2n) is 4.24. The lowest BCUT2D eigenvalue weighted by atomic mass is 10.2. The van der Waals surface area contributed by atoms with E-state index in [0.717, 1.165) is 24.0 Å². The Balaban J connectivity index is 2.10. The highest BCUT2D eigenvalue weighted by Crippen LogP contribution is 2.17. The average molecular weight is 238 g/mol. The molecule has 0 amide bonds. The molecule has 0 radical (unpaired) electrons. The van der Waals surface area contributed by atoms with Crippen molar-refractivity contribution < 1.29 is 4.74 Å². The number of hydrogen-bond donors (Lipinski definition) is 0. The molecule has 0 bridgehead atoms. The number of unbranched alkanes of at least 4 members (excludes halogenated alkanes) is 1. The first kappa shape index (κ1) is 13.4. The van der Waals surface area contributed by atoms with Crippen molar-refractivity contribution in [2.75, 3.05) is 12.4 Å². The molecular formula is C14H22OS. The molecule has 1 aromatic carbocycles. The Bertz CT molecular complexity index is 297. The SMILES string of the molecule is Cc1ccccc1OCCCCSC(C)C. The van der Waals surface area contributed by atoms with Crippen LogP contribution < -0.4 is 4.74 Å². The van der Waals surface area contributed by atoms with E-state index in [-0.39, 0.29) is 0 Å². The van der Waals surface area contributed by atoms with Gasteiger partial charge in [-0.3, -0.25) is 0 Å². The summed E-state index contributed by atoms with van der Waals surface area (Å²) < 4.78 is 5.73. The van der Waals surface area contributed by atoms with Crippen LogP contribution in [0, 0.1) is 6.92 Å². The van der Waals surface area contributed by atoms with Crippen molar-refractivity contribution in [2.24, 2.45) is 0 Å². The molecule has 0 atom stereocenters. The molecule has 1 nitrogen and oxygen atoms in total. The first-order valence-corrected chi connectivity index (χ1v) is 7.05. The maximum Gasteiger partial charge on any atom is 0.122 e. The summed E-state index contributed by atoms with van der Waals surface area (Å²) >= 11 is 2.03. The van der Waals surface area contributed by atoms with Crippen LogP contribution in [0.3, 0.4) is 0 Å². The third-order valence-corrected chi connectivity index (χ3v) is 3.53.